The second-order valence-corrected chi connectivity index (χ2v) is 6.49. The lowest BCUT2D eigenvalue weighted by Crippen LogP contribution is -2.43. The van der Waals surface area contributed by atoms with Gasteiger partial charge in [-0.25, -0.2) is 0 Å². The van der Waals surface area contributed by atoms with E-state index in [1.54, 1.807) is 36.1 Å². The average molecular weight is 394 g/mol. The van der Waals surface area contributed by atoms with E-state index < -0.39 is 0 Å². The number of carbonyl (C=O) groups is 2. The molecule has 0 saturated carbocycles. The van der Waals surface area contributed by atoms with Crippen molar-refractivity contribution < 1.29 is 14.1 Å². The number of amides is 2. The minimum absolute atomic E-state index is 0.0493. The van der Waals surface area contributed by atoms with Crippen LogP contribution in [0.4, 0.5) is 5.82 Å². The Morgan fingerprint density at radius 2 is 2.12 bits per heavy atom. The van der Waals surface area contributed by atoms with Gasteiger partial charge in [-0.05, 0) is 38.5 Å². The Hall–Kier alpha value is -2.15. The molecule has 2 aromatic rings. The molecule has 0 aliphatic rings. The van der Waals surface area contributed by atoms with Crippen molar-refractivity contribution in [3.8, 4) is 0 Å². The molecule has 1 atom stereocenters. The van der Waals surface area contributed by atoms with Gasteiger partial charge in [0.25, 0.3) is 5.91 Å². The molecule has 0 fully saturated rings. The van der Waals surface area contributed by atoms with Gasteiger partial charge >= 0.3 is 0 Å². The number of hydrogen-bond acceptors (Lipinski definition) is 4. The Bertz CT molecular complexity index is 729. The van der Waals surface area contributed by atoms with Gasteiger partial charge in [-0.3, -0.25) is 9.59 Å². The third-order valence-electron chi connectivity index (χ3n) is 3.66. The highest BCUT2D eigenvalue weighted by Crippen LogP contribution is 2.16. The zero-order valence-corrected chi connectivity index (χ0v) is 15.5. The van der Waals surface area contributed by atoms with Crippen molar-refractivity contribution in [1.82, 2.24) is 10.1 Å². The SMILES string of the molecule is CC[C@@H](C)N(CC(=O)Nc1cc(C)on1)C(=O)c1cccc(Br)c1. The molecule has 1 N–H and O–H groups in total. The monoisotopic (exact) mass is 393 g/mol. The van der Waals surface area contributed by atoms with Crippen LogP contribution in [0.2, 0.25) is 0 Å². The van der Waals surface area contributed by atoms with Crippen LogP contribution in [0.15, 0.2) is 39.3 Å². The number of carbonyl (C=O) groups excluding carboxylic acids is 2. The van der Waals surface area contributed by atoms with Gasteiger partial charge in [0.1, 0.15) is 12.3 Å². The molecule has 24 heavy (non-hydrogen) atoms. The number of nitrogens with zero attached hydrogens (tertiary/aromatic N) is 2. The van der Waals surface area contributed by atoms with E-state index >= 15 is 0 Å². The first-order chi connectivity index (χ1) is 11.4. The maximum Gasteiger partial charge on any atom is 0.254 e. The topological polar surface area (TPSA) is 75.4 Å². The zero-order chi connectivity index (χ0) is 17.7. The quantitative estimate of drug-likeness (QED) is 0.812. The van der Waals surface area contributed by atoms with Gasteiger partial charge in [-0.2, -0.15) is 0 Å². The van der Waals surface area contributed by atoms with Gasteiger partial charge in [0.05, 0.1) is 0 Å². The standard InChI is InChI=1S/C17H20BrN3O3/c1-4-11(2)21(17(23)13-6-5-7-14(18)9-13)10-16(22)19-15-8-12(3)24-20-15/h5-9,11H,4,10H2,1-3H3,(H,19,20,22)/t11-/m1/s1. The number of aryl methyl sites for hydroxylation is 1. The third kappa shape index (κ3) is 4.67. The van der Waals surface area contributed by atoms with Crippen molar-refractivity contribution in [3.05, 3.63) is 46.1 Å². The molecule has 0 aliphatic heterocycles. The average Bonchev–Trinajstić information content (AvgIpc) is 2.96. The second-order valence-electron chi connectivity index (χ2n) is 5.57. The van der Waals surface area contributed by atoms with E-state index in [4.69, 9.17) is 4.52 Å². The first-order valence-corrected chi connectivity index (χ1v) is 8.49. The molecule has 0 radical (unpaired) electrons. The Labute approximate surface area is 149 Å². The Morgan fingerprint density at radius 3 is 2.71 bits per heavy atom. The third-order valence-corrected chi connectivity index (χ3v) is 4.16. The van der Waals surface area contributed by atoms with Gasteiger partial charge in [-0.1, -0.05) is 34.1 Å². The van der Waals surface area contributed by atoms with E-state index in [2.05, 4.69) is 26.4 Å². The molecule has 128 valence electrons. The predicted octanol–water partition coefficient (Wildman–Crippen LogP) is 3.62. The molecule has 6 nitrogen and oxygen atoms in total. The van der Waals surface area contributed by atoms with Crippen molar-refractivity contribution in [1.29, 1.82) is 0 Å². The molecule has 0 aliphatic carbocycles. The van der Waals surface area contributed by atoms with Crippen molar-refractivity contribution in [2.24, 2.45) is 0 Å². The van der Waals surface area contributed by atoms with E-state index in [1.807, 2.05) is 19.9 Å². The molecule has 1 heterocycles. The van der Waals surface area contributed by atoms with Gasteiger partial charge < -0.3 is 14.7 Å². The first kappa shape index (κ1) is 18.2. The Kier molecular flexibility index (Phi) is 6.14. The highest BCUT2D eigenvalue weighted by Gasteiger charge is 2.23. The van der Waals surface area contributed by atoms with Crippen molar-refractivity contribution in [2.75, 3.05) is 11.9 Å². The van der Waals surface area contributed by atoms with Crippen molar-refractivity contribution in [3.63, 3.8) is 0 Å². The van der Waals surface area contributed by atoms with Crippen LogP contribution >= 0.6 is 15.9 Å². The van der Waals surface area contributed by atoms with Crippen LogP contribution in [0.3, 0.4) is 0 Å². The Balaban J connectivity index is 2.13. The summed E-state index contributed by atoms with van der Waals surface area (Å²) in [6, 6.07) is 8.69. The highest BCUT2D eigenvalue weighted by atomic mass is 79.9. The summed E-state index contributed by atoms with van der Waals surface area (Å²) in [5, 5.41) is 6.37. The highest BCUT2D eigenvalue weighted by molar-refractivity contribution is 9.10. The summed E-state index contributed by atoms with van der Waals surface area (Å²) in [5.41, 5.74) is 0.537. The van der Waals surface area contributed by atoms with Crippen LogP contribution in [-0.2, 0) is 4.79 Å². The summed E-state index contributed by atoms with van der Waals surface area (Å²) >= 11 is 3.36. The maximum atomic E-state index is 12.8. The number of hydrogen-bond donors (Lipinski definition) is 1. The fourth-order valence-corrected chi connectivity index (χ4v) is 2.60. The number of anilines is 1. The molecule has 0 unspecified atom stereocenters. The van der Waals surface area contributed by atoms with Crippen LogP contribution < -0.4 is 5.32 Å². The molecule has 2 amide bonds. The number of rotatable bonds is 6. The van der Waals surface area contributed by atoms with Crippen LogP contribution in [0, 0.1) is 6.92 Å². The summed E-state index contributed by atoms with van der Waals surface area (Å²) < 4.78 is 5.74. The lowest BCUT2D eigenvalue weighted by molar-refractivity contribution is -0.117. The summed E-state index contributed by atoms with van der Waals surface area (Å²) in [4.78, 5) is 26.6. The summed E-state index contributed by atoms with van der Waals surface area (Å²) in [6.45, 7) is 5.59. The number of aromatic nitrogens is 1. The van der Waals surface area contributed by atoms with Crippen LogP contribution in [0.5, 0.6) is 0 Å². The normalized spacial score (nSPS) is 11.8. The Morgan fingerprint density at radius 1 is 1.38 bits per heavy atom. The minimum atomic E-state index is -0.313. The van der Waals surface area contributed by atoms with Crippen LogP contribution in [0.1, 0.15) is 36.4 Å². The number of nitrogens with one attached hydrogen (secondary N) is 1. The van der Waals surface area contributed by atoms with Gasteiger partial charge in [0.15, 0.2) is 5.82 Å². The van der Waals surface area contributed by atoms with E-state index in [1.165, 1.54) is 0 Å². The fraction of sp³-hybridized carbons (Fsp3) is 0.353. The number of benzene rings is 1. The lowest BCUT2D eigenvalue weighted by atomic mass is 10.1. The predicted molar refractivity (Wildman–Crippen MR) is 94.8 cm³/mol. The van der Waals surface area contributed by atoms with Gasteiger partial charge in [-0.15, -0.1) is 0 Å². The van der Waals surface area contributed by atoms with E-state index in [0.29, 0.717) is 17.1 Å². The van der Waals surface area contributed by atoms with E-state index in [0.717, 1.165) is 10.9 Å². The minimum Gasteiger partial charge on any atom is -0.360 e. The zero-order valence-electron chi connectivity index (χ0n) is 13.9. The smallest absolute Gasteiger partial charge is 0.254 e. The summed E-state index contributed by atoms with van der Waals surface area (Å²) in [5.74, 6) is 0.454. The molecular weight excluding hydrogens is 374 g/mol. The lowest BCUT2D eigenvalue weighted by Gasteiger charge is -2.28. The first-order valence-electron chi connectivity index (χ1n) is 7.70. The molecule has 0 bridgehead atoms. The maximum absolute atomic E-state index is 12.8. The van der Waals surface area contributed by atoms with Crippen LogP contribution in [0.25, 0.3) is 0 Å². The second kappa shape index (κ2) is 8.10. The molecule has 0 saturated heterocycles. The fourth-order valence-electron chi connectivity index (χ4n) is 2.20. The van der Waals surface area contributed by atoms with E-state index in [-0.39, 0.29) is 24.4 Å². The summed E-state index contributed by atoms with van der Waals surface area (Å²) in [7, 11) is 0. The largest absolute Gasteiger partial charge is 0.360 e. The van der Waals surface area contributed by atoms with Gasteiger partial charge in [0.2, 0.25) is 5.91 Å². The van der Waals surface area contributed by atoms with Crippen molar-refractivity contribution in [2.45, 2.75) is 33.2 Å². The number of halogens is 1. The molecule has 1 aromatic carbocycles. The molecule has 0 spiro atoms. The van der Waals surface area contributed by atoms with E-state index in [9.17, 15) is 9.59 Å². The van der Waals surface area contributed by atoms with Gasteiger partial charge in [0, 0.05) is 22.1 Å². The van der Waals surface area contributed by atoms with Crippen LogP contribution in [-0.4, -0.2) is 34.5 Å². The summed E-state index contributed by atoms with van der Waals surface area (Å²) in [6.07, 6.45) is 0.746. The van der Waals surface area contributed by atoms with Crippen molar-refractivity contribution >= 4 is 33.6 Å². The molecular formula is C17H20BrN3O3. The molecule has 7 heteroatoms. The molecule has 1 aromatic heterocycles. The molecule has 2 rings (SSSR count).